The third kappa shape index (κ3) is 12.0. The van der Waals surface area contributed by atoms with Gasteiger partial charge in [0.05, 0.1) is 56.4 Å². The summed E-state index contributed by atoms with van der Waals surface area (Å²) in [5.74, 6) is -3.82. The Morgan fingerprint density at radius 1 is 0.966 bits per heavy atom. The number of benzene rings is 3. The van der Waals surface area contributed by atoms with Gasteiger partial charge < -0.3 is 39.8 Å². The lowest BCUT2D eigenvalue weighted by atomic mass is 9.62. The highest BCUT2D eigenvalue weighted by molar-refractivity contribution is 6.31. The SMILES string of the molecule is COc1cc(C(=O)NCCOCCOCCN(C)C(=O)OC(C)(C)C)ccc1NC(=O)[C@@H]1N[C@@H](CC(C)(C)C)[C@](C#N)(c2ccc(Cl)cc2F)[C@H]1c1cccc(Cl)c1F. The van der Waals surface area contributed by atoms with Crippen LogP contribution in [0.1, 0.15) is 75.4 Å². The molecular formula is C43H53Cl2F2N5O7. The fraction of sp³-hybridized carbons (Fsp3) is 0.488. The van der Waals surface area contributed by atoms with Crippen molar-refractivity contribution in [1.29, 1.82) is 5.26 Å². The van der Waals surface area contributed by atoms with Crippen LogP contribution in [0.5, 0.6) is 5.75 Å². The van der Waals surface area contributed by atoms with E-state index < -0.39 is 64.0 Å². The lowest BCUT2D eigenvalue weighted by Gasteiger charge is -2.37. The minimum atomic E-state index is -1.81. The van der Waals surface area contributed by atoms with Gasteiger partial charge in [-0.3, -0.25) is 9.59 Å². The summed E-state index contributed by atoms with van der Waals surface area (Å²) in [6, 6.07) is 12.9. The summed E-state index contributed by atoms with van der Waals surface area (Å²) in [5.41, 5.74) is -2.47. The molecule has 0 aliphatic carbocycles. The molecule has 59 heavy (non-hydrogen) atoms. The Bertz CT molecular complexity index is 2020. The van der Waals surface area contributed by atoms with Crippen LogP contribution in [0.25, 0.3) is 0 Å². The predicted molar refractivity (Wildman–Crippen MR) is 222 cm³/mol. The molecule has 1 aliphatic heterocycles. The Kier molecular flexibility index (Phi) is 16.1. The molecule has 0 aromatic heterocycles. The number of hydrogen-bond donors (Lipinski definition) is 3. The summed E-state index contributed by atoms with van der Waals surface area (Å²) in [6.07, 6.45) is -0.138. The Morgan fingerprint density at radius 3 is 2.29 bits per heavy atom. The lowest BCUT2D eigenvalue weighted by molar-refractivity contribution is -0.118. The fourth-order valence-electron chi connectivity index (χ4n) is 7.00. The van der Waals surface area contributed by atoms with Gasteiger partial charge in [-0.1, -0.05) is 62.2 Å². The fourth-order valence-corrected chi connectivity index (χ4v) is 7.34. The van der Waals surface area contributed by atoms with Gasteiger partial charge in [-0.05, 0) is 74.6 Å². The summed E-state index contributed by atoms with van der Waals surface area (Å²) in [6.45, 7) is 12.8. The average molecular weight is 861 g/mol. The van der Waals surface area contributed by atoms with Crippen LogP contribution in [-0.4, -0.2) is 94.2 Å². The molecule has 16 heteroatoms. The topological polar surface area (TPSA) is 151 Å². The highest BCUT2D eigenvalue weighted by Gasteiger charge is 2.61. The van der Waals surface area contributed by atoms with Crippen molar-refractivity contribution in [2.45, 2.75) is 77.0 Å². The van der Waals surface area contributed by atoms with E-state index in [1.54, 1.807) is 27.8 Å². The second-order valence-electron chi connectivity index (χ2n) is 16.5. The van der Waals surface area contributed by atoms with Crippen molar-refractivity contribution in [2.75, 3.05) is 59.0 Å². The van der Waals surface area contributed by atoms with E-state index in [9.17, 15) is 19.6 Å². The van der Waals surface area contributed by atoms with Crippen molar-refractivity contribution in [3.63, 3.8) is 0 Å². The van der Waals surface area contributed by atoms with Crippen LogP contribution < -0.4 is 20.7 Å². The van der Waals surface area contributed by atoms with E-state index in [1.807, 2.05) is 20.8 Å². The second-order valence-corrected chi connectivity index (χ2v) is 17.3. The van der Waals surface area contributed by atoms with E-state index in [-0.39, 0.29) is 57.9 Å². The molecule has 4 rings (SSSR count). The number of nitrogens with one attached hydrogen (secondary N) is 3. The maximum atomic E-state index is 16.1. The van der Waals surface area contributed by atoms with Crippen molar-refractivity contribution in [3.05, 3.63) is 93.0 Å². The standard InChI is InChI=1S/C43H53Cl2F2N5O7/c1-41(2,3)24-34-43(25-48,29-14-13-27(44)23-31(29)46)35(28-10-9-11-30(45)36(28)47)37(51-34)39(54)50-32-15-12-26(22-33(32)56-8)38(53)49-16-18-57-20-21-58-19-17-52(7)40(55)59-42(4,5)6/h9-15,22-23,34-35,37,51H,16-21,24H2,1-8H3,(H,49,53)(H,50,54)/t34-,35-,37+,43-/m0/s1. The largest absolute Gasteiger partial charge is 0.495 e. The van der Waals surface area contributed by atoms with Crippen LogP contribution in [0.15, 0.2) is 54.6 Å². The predicted octanol–water partition coefficient (Wildman–Crippen LogP) is 7.87. The van der Waals surface area contributed by atoms with Gasteiger partial charge in [0, 0.05) is 48.2 Å². The van der Waals surface area contributed by atoms with Gasteiger partial charge in [0.15, 0.2) is 0 Å². The summed E-state index contributed by atoms with van der Waals surface area (Å²) in [5, 5.41) is 19.9. The normalized spacial score (nSPS) is 19.1. The first-order valence-electron chi connectivity index (χ1n) is 19.2. The van der Waals surface area contributed by atoms with E-state index in [2.05, 4.69) is 22.0 Å². The summed E-state index contributed by atoms with van der Waals surface area (Å²) in [7, 11) is 3.00. The number of amides is 3. The number of rotatable bonds is 16. The highest BCUT2D eigenvalue weighted by atomic mass is 35.5. The number of ether oxygens (including phenoxy) is 4. The molecule has 3 aromatic rings. The van der Waals surface area contributed by atoms with Crippen LogP contribution in [0, 0.1) is 28.4 Å². The van der Waals surface area contributed by atoms with E-state index in [1.165, 1.54) is 60.5 Å². The third-order valence-electron chi connectivity index (χ3n) is 9.63. The molecule has 0 bridgehead atoms. The number of carbonyl (C=O) groups excluding carboxylic acids is 3. The maximum Gasteiger partial charge on any atom is 0.410 e. The van der Waals surface area contributed by atoms with Crippen LogP contribution in [0.4, 0.5) is 19.3 Å². The maximum absolute atomic E-state index is 16.1. The van der Waals surface area contributed by atoms with Crippen molar-refractivity contribution in [1.82, 2.24) is 15.5 Å². The Balaban J connectivity index is 1.46. The minimum Gasteiger partial charge on any atom is -0.495 e. The summed E-state index contributed by atoms with van der Waals surface area (Å²) >= 11 is 12.4. The number of halogens is 4. The Labute approximate surface area is 354 Å². The smallest absolute Gasteiger partial charge is 0.410 e. The van der Waals surface area contributed by atoms with Crippen molar-refractivity contribution in [2.24, 2.45) is 5.41 Å². The van der Waals surface area contributed by atoms with Crippen molar-refractivity contribution in [3.8, 4) is 11.8 Å². The molecule has 1 saturated heterocycles. The van der Waals surface area contributed by atoms with Crippen LogP contribution in [0.2, 0.25) is 10.0 Å². The van der Waals surface area contributed by atoms with Gasteiger partial charge >= 0.3 is 6.09 Å². The van der Waals surface area contributed by atoms with Crippen LogP contribution in [-0.2, 0) is 24.4 Å². The molecule has 0 radical (unpaired) electrons. The molecule has 0 spiro atoms. The van der Waals surface area contributed by atoms with Gasteiger partial charge in [0.1, 0.15) is 28.4 Å². The van der Waals surface area contributed by atoms with E-state index in [0.717, 1.165) is 6.07 Å². The van der Waals surface area contributed by atoms with Crippen LogP contribution in [0.3, 0.4) is 0 Å². The van der Waals surface area contributed by atoms with Gasteiger partial charge in [0.25, 0.3) is 5.91 Å². The zero-order chi connectivity index (χ0) is 43.7. The number of carbonyl (C=O) groups is 3. The molecule has 3 amide bonds. The molecule has 3 N–H and O–H groups in total. The quantitative estimate of drug-likeness (QED) is 0.122. The number of hydrogen-bond acceptors (Lipinski definition) is 9. The van der Waals surface area contributed by atoms with Gasteiger partial charge in [-0.2, -0.15) is 5.26 Å². The summed E-state index contributed by atoms with van der Waals surface area (Å²) < 4.78 is 54.0. The molecule has 0 saturated carbocycles. The van der Waals surface area contributed by atoms with Crippen molar-refractivity contribution < 1.29 is 42.1 Å². The molecule has 1 fully saturated rings. The number of methoxy groups -OCH3 is 1. The molecule has 0 unspecified atom stereocenters. The van der Waals surface area contributed by atoms with Gasteiger partial charge in [-0.15, -0.1) is 0 Å². The Morgan fingerprint density at radius 2 is 1.66 bits per heavy atom. The average Bonchev–Trinajstić information content (AvgIpc) is 3.47. The zero-order valence-electron chi connectivity index (χ0n) is 34.6. The first-order valence-corrected chi connectivity index (χ1v) is 19.9. The lowest BCUT2D eigenvalue weighted by Crippen LogP contribution is -2.45. The molecule has 12 nitrogen and oxygen atoms in total. The molecule has 1 aliphatic rings. The zero-order valence-corrected chi connectivity index (χ0v) is 36.2. The first kappa shape index (κ1) is 47.2. The highest BCUT2D eigenvalue weighted by Crippen LogP contribution is 2.53. The number of likely N-dealkylation sites (N-methyl/N-ethyl adjacent to an activating group) is 1. The number of anilines is 1. The molecular weight excluding hydrogens is 807 g/mol. The van der Waals surface area contributed by atoms with E-state index in [4.69, 9.17) is 42.1 Å². The first-order chi connectivity index (χ1) is 27.7. The minimum absolute atomic E-state index is 0.0438. The van der Waals surface area contributed by atoms with Crippen LogP contribution >= 0.6 is 23.2 Å². The molecule has 4 atom stereocenters. The molecule has 3 aromatic carbocycles. The third-order valence-corrected chi connectivity index (χ3v) is 10.2. The van der Waals surface area contributed by atoms with Gasteiger partial charge in [0.2, 0.25) is 5.91 Å². The number of nitrogens with zero attached hydrogens (tertiary/aromatic N) is 2. The van der Waals surface area contributed by atoms with Crippen molar-refractivity contribution >= 4 is 46.8 Å². The van der Waals surface area contributed by atoms with E-state index >= 15 is 8.78 Å². The Hall–Kier alpha value is -4.52. The molecule has 1 heterocycles. The monoisotopic (exact) mass is 859 g/mol. The number of nitriles is 1. The van der Waals surface area contributed by atoms with E-state index in [0.29, 0.717) is 26.2 Å². The van der Waals surface area contributed by atoms with Gasteiger partial charge in [-0.25, -0.2) is 13.6 Å². The summed E-state index contributed by atoms with van der Waals surface area (Å²) in [4.78, 5) is 40.9. The molecule has 320 valence electrons. The second kappa shape index (κ2) is 20.2.